The van der Waals surface area contributed by atoms with E-state index in [1.807, 2.05) is 11.8 Å². The van der Waals surface area contributed by atoms with E-state index >= 15 is 0 Å². The van der Waals surface area contributed by atoms with Crippen molar-refractivity contribution in [2.45, 2.75) is 25.9 Å². The molecule has 4 rings (SSSR count). The third-order valence-corrected chi connectivity index (χ3v) is 5.86. The van der Waals surface area contributed by atoms with E-state index in [9.17, 15) is 18.4 Å². The van der Waals surface area contributed by atoms with E-state index < -0.39 is 17.7 Å². The lowest BCUT2D eigenvalue weighted by Gasteiger charge is -2.33. The Bertz CT molecular complexity index is 1270. The zero-order chi connectivity index (χ0) is 24.6. The number of halogens is 2. The molecule has 0 aliphatic carbocycles. The summed E-state index contributed by atoms with van der Waals surface area (Å²) in [6.07, 6.45) is 0. The number of amides is 1. The predicted molar refractivity (Wildman–Crippen MR) is 127 cm³/mol. The largest absolute Gasteiger partial charge is 0.440 e. The monoisotopic (exact) mass is 471 g/mol. The summed E-state index contributed by atoms with van der Waals surface area (Å²) in [4.78, 5) is 29.3. The number of ether oxygens (including phenoxy) is 1. The Balaban J connectivity index is 1.86. The molecule has 1 aliphatic rings. The summed E-state index contributed by atoms with van der Waals surface area (Å²) < 4.78 is 39.2. The molecule has 2 atom stereocenters. The second-order valence-corrected chi connectivity index (χ2v) is 8.73. The van der Waals surface area contributed by atoms with E-state index in [2.05, 4.69) is 5.32 Å². The summed E-state index contributed by atoms with van der Waals surface area (Å²) in [6.45, 7) is 5.34. The molecular weight excluding hydrogens is 444 g/mol. The van der Waals surface area contributed by atoms with Gasteiger partial charge in [0.15, 0.2) is 11.3 Å². The van der Waals surface area contributed by atoms with Gasteiger partial charge in [0.05, 0.1) is 30.7 Å². The average molecular weight is 472 g/mol. The van der Waals surface area contributed by atoms with Crippen LogP contribution in [0.1, 0.15) is 35.8 Å². The summed E-state index contributed by atoms with van der Waals surface area (Å²) in [6, 6.07) is 7.20. The fraction of sp³-hybridized carbons (Fsp3) is 0.360. The highest BCUT2D eigenvalue weighted by Crippen LogP contribution is 2.31. The van der Waals surface area contributed by atoms with E-state index in [1.54, 1.807) is 27.1 Å². The van der Waals surface area contributed by atoms with Crippen molar-refractivity contribution >= 4 is 28.4 Å². The fourth-order valence-corrected chi connectivity index (χ4v) is 4.14. The van der Waals surface area contributed by atoms with Crippen LogP contribution in [0.25, 0.3) is 11.0 Å². The summed E-state index contributed by atoms with van der Waals surface area (Å²) in [5.74, 6) is -1.31. The molecule has 1 aliphatic heterocycles. The number of benzene rings is 2. The first-order chi connectivity index (χ1) is 16.1. The zero-order valence-corrected chi connectivity index (χ0v) is 19.5. The average Bonchev–Trinajstić information content (AvgIpc) is 2.77. The van der Waals surface area contributed by atoms with Crippen molar-refractivity contribution in [1.29, 1.82) is 0 Å². The van der Waals surface area contributed by atoms with Crippen molar-refractivity contribution in [2.75, 3.05) is 44.1 Å². The number of fused-ring (bicyclic) bond motifs is 1. The van der Waals surface area contributed by atoms with Gasteiger partial charge < -0.3 is 24.3 Å². The van der Waals surface area contributed by atoms with Gasteiger partial charge in [-0.2, -0.15) is 0 Å². The van der Waals surface area contributed by atoms with Crippen LogP contribution >= 0.6 is 0 Å². The van der Waals surface area contributed by atoms with E-state index in [4.69, 9.17) is 9.15 Å². The van der Waals surface area contributed by atoms with Crippen LogP contribution < -0.4 is 15.6 Å². The lowest BCUT2D eigenvalue weighted by molar-refractivity contribution is 0.0827. The molecule has 0 unspecified atom stereocenters. The Morgan fingerprint density at radius 2 is 1.85 bits per heavy atom. The third-order valence-electron chi connectivity index (χ3n) is 5.86. The molecule has 34 heavy (non-hydrogen) atoms. The van der Waals surface area contributed by atoms with E-state index in [-0.39, 0.29) is 28.5 Å². The van der Waals surface area contributed by atoms with Crippen molar-refractivity contribution in [3.8, 4) is 0 Å². The first kappa shape index (κ1) is 23.7. The molecule has 1 aromatic heterocycles. The Morgan fingerprint density at radius 3 is 2.50 bits per heavy atom. The van der Waals surface area contributed by atoms with E-state index in [0.717, 1.165) is 6.07 Å². The van der Waals surface area contributed by atoms with Crippen molar-refractivity contribution < 1.29 is 22.7 Å². The van der Waals surface area contributed by atoms with Crippen LogP contribution in [0.3, 0.4) is 0 Å². The Labute approximate surface area is 195 Å². The number of rotatable bonds is 5. The second kappa shape index (κ2) is 9.42. The molecule has 7 nitrogen and oxygen atoms in total. The topological polar surface area (TPSA) is 75.0 Å². The minimum Gasteiger partial charge on any atom is -0.440 e. The summed E-state index contributed by atoms with van der Waals surface area (Å²) >= 11 is 0. The normalized spacial score (nSPS) is 17.0. The van der Waals surface area contributed by atoms with Gasteiger partial charge in [0.2, 0.25) is 0 Å². The number of hydrogen-bond donors (Lipinski definition) is 1. The summed E-state index contributed by atoms with van der Waals surface area (Å²) in [5.41, 5.74) is 1.09. The Morgan fingerprint density at radius 1 is 1.15 bits per heavy atom. The highest BCUT2D eigenvalue weighted by atomic mass is 19.1. The molecular formula is C25H27F2N3O4. The van der Waals surface area contributed by atoms with E-state index in [1.165, 1.54) is 29.2 Å². The van der Waals surface area contributed by atoms with Crippen molar-refractivity contribution in [3.05, 3.63) is 69.4 Å². The number of hydrogen-bond acceptors (Lipinski definition) is 6. The van der Waals surface area contributed by atoms with Crippen LogP contribution in [-0.2, 0) is 4.74 Å². The van der Waals surface area contributed by atoms with Crippen LogP contribution in [0, 0.1) is 11.6 Å². The molecule has 1 saturated heterocycles. The first-order valence-electron chi connectivity index (χ1n) is 11.0. The van der Waals surface area contributed by atoms with Gasteiger partial charge in [0.25, 0.3) is 5.91 Å². The second-order valence-electron chi connectivity index (χ2n) is 8.73. The first-order valence-corrected chi connectivity index (χ1v) is 11.0. The van der Waals surface area contributed by atoms with Crippen LogP contribution in [-0.4, -0.2) is 50.7 Å². The smallest absolute Gasteiger partial charge is 0.253 e. The maximum atomic E-state index is 13.7. The van der Waals surface area contributed by atoms with Gasteiger partial charge in [0.1, 0.15) is 17.2 Å². The molecule has 180 valence electrons. The number of carbonyl (C=O) groups is 1. The maximum absolute atomic E-state index is 13.7. The van der Waals surface area contributed by atoms with Gasteiger partial charge in [-0.25, -0.2) is 8.78 Å². The van der Waals surface area contributed by atoms with Crippen molar-refractivity contribution in [1.82, 2.24) is 4.90 Å². The van der Waals surface area contributed by atoms with Crippen LogP contribution in [0.2, 0.25) is 0 Å². The number of anilines is 2. The standard InChI is InChI=1S/C25H27F2N3O4/c1-14-13-33-6-5-30(14)23-12-22(31)21-8-16(25(32)29(3)4)7-20(24(21)34-23)15(2)28-19-10-17(26)9-18(27)11-19/h7-12,14-15,28H,5-6,13H2,1-4H3/t14-,15+/m0/s1. The Kier molecular flexibility index (Phi) is 6.56. The SMILES string of the molecule is C[C@@H](Nc1cc(F)cc(F)c1)c1cc(C(=O)N(C)C)cc2c(=O)cc(N3CCOC[C@@H]3C)oc12. The van der Waals surface area contributed by atoms with Gasteiger partial charge in [0, 0.05) is 49.6 Å². The lowest BCUT2D eigenvalue weighted by atomic mass is 9.99. The third kappa shape index (κ3) is 4.75. The van der Waals surface area contributed by atoms with Crippen LogP contribution in [0.5, 0.6) is 0 Å². The van der Waals surface area contributed by atoms with Gasteiger partial charge >= 0.3 is 0 Å². The zero-order valence-electron chi connectivity index (χ0n) is 19.5. The van der Waals surface area contributed by atoms with Gasteiger partial charge in [-0.05, 0) is 38.1 Å². The quantitative estimate of drug-likeness (QED) is 0.602. The fourth-order valence-electron chi connectivity index (χ4n) is 4.14. The summed E-state index contributed by atoms with van der Waals surface area (Å²) in [7, 11) is 3.24. The number of nitrogens with zero attached hydrogens (tertiary/aromatic N) is 2. The van der Waals surface area contributed by atoms with E-state index in [0.29, 0.717) is 42.4 Å². The highest BCUT2D eigenvalue weighted by Gasteiger charge is 2.25. The van der Waals surface area contributed by atoms with Gasteiger partial charge in [-0.1, -0.05) is 0 Å². The Hall–Kier alpha value is -3.46. The number of carbonyl (C=O) groups excluding carboxylic acids is 1. The molecule has 0 radical (unpaired) electrons. The molecule has 1 fully saturated rings. The van der Waals surface area contributed by atoms with Gasteiger partial charge in [-0.3, -0.25) is 9.59 Å². The minimum atomic E-state index is -0.716. The molecule has 0 saturated carbocycles. The van der Waals surface area contributed by atoms with Crippen LogP contribution in [0.4, 0.5) is 20.4 Å². The van der Waals surface area contributed by atoms with Crippen LogP contribution in [0.15, 0.2) is 45.6 Å². The van der Waals surface area contributed by atoms with Crippen molar-refractivity contribution in [2.24, 2.45) is 0 Å². The van der Waals surface area contributed by atoms with Crippen molar-refractivity contribution in [3.63, 3.8) is 0 Å². The molecule has 1 N–H and O–H groups in total. The highest BCUT2D eigenvalue weighted by molar-refractivity contribution is 5.98. The molecule has 2 aromatic carbocycles. The molecule has 9 heteroatoms. The minimum absolute atomic E-state index is 0.0122. The maximum Gasteiger partial charge on any atom is 0.253 e. The molecule has 0 spiro atoms. The molecule has 2 heterocycles. The molecule has 1 amide bonds. The number of morpholine rings is 1. The summed E-state index contributed by atoms with van der Waals surface area (Å²) in [5, 5.41) is 3.31. The molecule has 3 aromatic rings. The predicted octanol–water partition coefficient (Wildman–Crippen LogP) is 4.17. The number of nitrogens with one attached hydrogen (secondary N) is 1. The molecule has 0 bridgehead atoms. The lowest BCUT2D eigenvalue weighted by Crippen LogP contribution is -2.44. The van der Waals surface area contributed by atoms with Gasteiger partial charge in [-0.15, -0.1) is 0 Å².